The first-order valence-corrected chi connectivity index (χ1v) is 11.8. The Balaban J connectivity index is 0.000000158. The Morgan fingerprint density at radius 2 is 0.808 bits per heavy atom. The molecule has 26 heavy (non-hydrogen) atoms. The van der Waals surface area contributed by atoms with E-state index in [1.54, 1.807) is 0 Å². The lowest BCUT2D eigenvalue weighted by Crippen LogP contribution is -2.66. The zero-order chi connectivity index (χ0) is 19.6. The van der Waals surface area contributed by atoms with Gasteiger partial charge in [0.05, 0.1) is 0 Å². The van der Waals surface area contributed by atoms with Crippen molar-refractivity contribution < 1.29 is 0 Å². The highest BCUT2D eigenvalue weighted by Gasteiger charge is 2.69. The fraction of sp³-hybridized carbons (Fsp3) is 1.00. The molecule has 4 bridgehead atoms. The highest BCUT2D eigenvalue weighted by Crippen LogP contribution is 2.78. The standard InChI is InChI=1S/C15H28.C11H20/c1-12(2)14-6-9-15(10-7-14,11-8-14)13(3,4)5;1-8(2)10-5-11(6-10,7-10)9(3)4/h12H,6-11H2,1-5H3;8-9H,5-7H2,1-4H3. The molecule has 6 aliphatic carbocycles. The maximum Gasteiger partial charge on any atom is -0.0248 e. The molecule has 0 heteroatoms. The Kier molecular flexibility index (Phi) is 4.98. The summed E-state index contributed by atoms with van der Waals surface area (Å²) in [6.45, 7) is 21.8. The van der Waals surface area contributed by atoms with Crippen molar-refractivity contribution in [3.63, 3.8) is 0 Å². The zero-order valence-electron chi connectivity index (χ0n) is 19.6. The maximum absolute atomic E-state index is 2.46. The Bertz CT molecular complexity index is 450. The molecule has 6 rings (SSSR count). The van der Waals surface area contributed by atoms with Gasteiger partial charge in [0.25, 0.3) is 0 Å². The van der Waals surface area contributed by atoms with E-state index < -0.39 is 0 Å². The monoisotopic (exact) mass is 360 g/mol. The van der Waals surface area contributed by atoms with Gasteiger partial charge in [0.2, 0.25) is 0 Å². The van der Waals surface area contributed by atoms with Crippen molar-refractivity contribution >= 4 is 0 Å². The smallest absolute Gasteiger partial charge is 0.0248 e. The van der Waals surface area contributed by atoms with Crippen LogP contribution < -0.4 is 0 Å². The summed E-state index contributed by atoms with van der Waals surface area (Å²) in [6, 6.07) is 0. The second kappa shape index (κ2) is 6.25. The van der Waals surface area contributed by atoms with Gasteiger partial charge >= 0.3 is 0 Å². The molecule has 6 aliphatic rings. The molecule has 0 aromatic rings. The van der Waals surface area contributed by atoms with Crippen LogP contribution in [0.1, 0.15) is 120 Å². The van der Waals surface area contributed by atoms with Crippen LogP contribution in [-0.2, 0) is 0 Å². The maximum atomic E-state index is 2.46. The van der Waals surface area contributed by atoms with E-state index >= 15 is 0 Å². The van der Waals surface area contributed by atoms with Crippen molar-refractivity contribution in [1.82, 2.24) is 0 Å². The topological polar surface area (TPSA) is 0 Å². The van der Waals surface area contributed by atoms with Crippen molar-refractivity contribution in [2.24, 2.45) is 44.8 Å². The van der Waals surface area contributed by atoms with Crippen LogP contribution >= 0.6 is 0 Å². The van der Waals surface area contributed by atoms with Crippen LogP contribution in [0.4, 0.5) is 0 Å². The van der Waals surface area contributed by atoms with Crippen LogP contribution in [0, 0.1) is 44.8 Å². The third kappa shape index (κ3) is 2.91. The predicted octanol–water partition coefficient (Wildman–Crippen LogP) is 8.50. The van der Waals surface area contributed by atoms with Gasteiger partial charge in [-0.05, 0) is 103 Å². The van der Waals surface area contributed by atoms with E-state index in [-0.39, 0.29) is 0 Å². The van der Waals surface area contributed by atoms with Crippen molar-refractivity contribution in [2.45, 2.75) is 120 Å². The van der Waals surface area contributed by atoms with Gasteiger partial charge in [-0.3, -0.25) is 0 Å². The highest BCUT2D eigenvalue weighted by atomic mass is 14.7. The third-order valence-electron chi connectivity index (χ3n) is 10.7. The Morgan fingerprint density at radius 3 is 1.04 bits per heavy atom. The molecule has 0 unspecified atom stereocenters. The summed E-state index contributed by atoms with van der Waals surface area (Å²) in [4.78, 5) is 0. The Labute approximate surface area is 165 Å². The molecule has 0 aliphatic heterocycles. The van der Waals surface area contributed by atoms with Crippen molar-refractivity contribution in [1.29, 1.82) is 0 Å². The minimum Gasteiger partial charge on any atom is -0.0622 e. The van der Waals surface area contributed by atoms with E-state index in [2.05, 4.69) is 62.3 Å². The summed E-state index contributed by atoms with van der Waals surface area (Å²) in [7, 11) is 0. The van der Waals surface area contributed by atoms with E-state index in [0.29, 0.717) is 10.8 Å². The Hall–Kier alpha value is 0. The van der Waals surface area contributed by atoms with Gasteiger partial charge in [-0.15, -0.1) is 0 Å². The van der Waals surface area contributed by atoms with Crippen LogP contribution in [0.15, 0.2) is 0 Å². The normalized spacial score (nSPS) is 43.8. The summed E-state index contributed by atoms with van der Waals surface area (Å²) < 4.78 is 0. The number of hydrogen-bond acceptors (Lipinski definition) is 0. The second-order valence-electron chi connectivity index (χ2n) is 13.1. The molecule has 0 saturated heterocycles. The van der Waals surface area contributed by atoms with Gasteiger partial charge in [-0.1, -0.05) is 62.3 Å². The lowest BCUT2D eigenvalue weighted by atomic mass is 9.30. The number of hydrogen-bond donors (Lipinski definition) is 0. The van der Waals surface area contributed by atoms with Gasteiger partial charge in [0, 0.05) is 0 Å². The molecule has 0 nitrogen and oxygen atoms in total. The zero-order valence-corrected chi connectivity index (χ0v) is 19.6. The predicted molar refractivity (Wildman–Crippen MR) is 115 cm³/mol. The molecule has 0 aromatic heterocycles. The molecule has 0 N–H and O–H groups in total. The summed E-state index contributed by atoms with van der Waals surface area (Å²) >= 11 is 0. The van der Waals surface area contributed by atoms with Gasteiger partial charge in [0.1, 0.15) is 0 Å². The SMILES string of the molecule is CC(C)C12CC(C(C)C)(C1)C2.CC(C)C12CCC(C(C)(C)C)(CC1)CC2. The Morgan fingerprint density at radius 1 is 0.500 bits per heavy atom. The van der Waals surface area contributed by atoms with Gasteiger partial charge in [-0.25, -0.2) is 0 Å². The van der Waals surface area contributed by atoms with Crippen LogP contribution in [0.5, 0.6) is 0 Å². The van der Waals surface area contributed by atoms with Crippen LogP contribution in [0.2, 0.25) is 0 Å². The first-order chi connectivity index (χ1) is 11.8. The van der Waals surface area contributed by atoms with Gasteiger partial charge in [0.15, 0.2) is 0 Å². The minimum absolute atomic E-state index is 0.524. The van der Waals surface area contributed by atoms with Crippen LogP contribution in [-0.4, -0.2) is 0 Å². The average Bonchev–Trinajstić information content (AvgIpc) is 2.45. The lowest BCUT2D eigenvalue weighted by molar-refractivity contribution is -0.252. The summed E-state index contributed by atoms with van der Waals surface area (Å²) in [6.07, 6.45) is 13.6. The second-order valence-corrected chi connectivity index (χ2v) is 13.1. The van der Waals surface area contributed by atoms with E-state index in [1.165, 1.54) is 57.8 Å². The average molecular weight is 361 g/mol. The molecule has 6 fully saturated rings. The van der Waals surface area contributed by atoms with Crippen molar-refractivity contribution in [3.05, 3.63) is 0 Å². The van der Waals surface area contributed by atoms with Crippen molar-refractivity contribution in [2.75, 3.05) is 0 Å². The van der Waals surface area contributed by atoms with E-state index in [0.717, 1.165) is 34.0 Å². The minimum atomic E-state index is 0.524. The fourth-order valence-electron chi connectivity index (χ4n) is 7.38. The van der Waals surface area contributed by atoms with Crippen LogP contribution in [0.25, 0.3) is 0 Å². The first-order valence-electron chi connectivity index (χ1n) is 11.8. The molecular formula is C26H48. The summed E-state index contributed by atoms with van der Waals surface area (Å²) in [5.74, 6) is 2.77. The molecule has 152 valence electrons. The van der Waals surface area contributed by atoms with E-state index in [1.807, 2.05) is 0 Å². The summed E-state index contributed by atoms with van der Waals surface area (Å²) in [5, 5.41) is 0. The fourth-order valence-corrected chi connectivity index (χ4v) is 7.38. The molecule has 0 atom stereocenters. The third-order valence-corrected chi connectivity index (χ3v) is 10.7. The van der Waals surface area contributed by atoms with E-state index in [9.17, 15) is 0 Å². The molecule has 0 radical (unpaired) electrons. The molecule has 0 amide bonds. The number of rotatable bonds is 3. The number of fused-ring (bicyclic) bond motifs is 3. The first kappa shape index (κ1) is 20.7. The van der Waals surface area contributed by atoms with Crippen LogP contribution in [0.3, 0.4) is 0 Å². The molecule has 0 heterocycles. The van der Waals surface area contributed by atoms with Gasteiger partial charge < -0.3 is 0 Å². The quantitative estimate of drug-likeness (QED) is 0.473. The summed E-state index contributed by atoms with van der Waals surface area (Å²) in [5.41, 5.74) is 3.56. The molecule has 6 saturated carbocycles. The van der Waals surface area contributed by atoms with Gasteiger partial charge in [-0.2, -0.15) is 0 Å². The van der Waals surface area contributed by atoms with E-state index in [4.69, 9.17) is 0 Å². The molecular weight excluding hydrogens is 312 g/mol. The molecule has 0 spiro atoms. The molecule has 0 aromatic carbocycles. The highest BCUT2D eigenvalue weighted by molar-refractivity contribution is 5.18. The largest absolute Gasteiger partial charge is 0.0622 e. The van der Waals surface area contributed by atoms with Crippen molar-refractivity contribution in [3.8, 4) is 0 Å². The lowest BCUT2D eigenvalue weighted by Gasteiger charge is -2.75.